The summed E-state index contributed by atoms with van der Waals surface area (Å²) >= 11 is 0. The number of nitrogens with zero attached hydrogens (tertiary/aromatic N) is 2. The molecule has 3 N–H and O–H groups in total. The zero-order chi connectivity index (χ0) is 14.3. The highest BCUT2D eigenvalue weighted by Crippen LogP contribution is 2.33. The van der Waals surface area contributed by atoms with Crippen molar-refractivity contribution in [2.45, 2.75) is 58.8 Å². The fourth-order valence-corrected chi connectivity index (χ4v) is 3.05. The number of hydrogen-bond donors (Lipinski definition) is 2. The Bertz CT molecular complexity index is 317. The van der Waals surface area contributed by atoms with E-state index in [1.54, 1.807) is 0 Å². The number of rotatable bonds is 6. The Kier molecular flexibility index (Phi) is 6.12. The van der Waals surface area contributed by atoms with Crippen LogP contribution in [0.5, 0.6) is 0 Å². The molecule has 0 aromatic heterocycles. The zero-order valence-electron chi connectivity index (χ0n) is 12.2. The van der Waals surface area contributed by atoms with Gasteiger partial charge in [0.2, 0.25) is 5.91 Å². The van der Waals surface area contributed by atoms with Gasteiger partial charge in [0.1, 0.15) is 5.41 Å². The average Bonchev–Trinajstić information content (AvgIpc) is 2.46. The van der Waals surface area contributed by atoms with Gasteiger partial charge in [-0.15, -0.1) is 0 Å². The van der Waals surface area contributed by atoms with Gasteiger partial charge in [0.15, 0.2) is 5.84 Å². The smallest absolute Gasteiger partial charge is 0.236 e. The Hall–Kier alpha value is -1.26. The molecule has 19 heavy (non-hydrogen) atoms. The number of piperidine rings is 1. The standard InChI is InChI=1S/C14H27N3O2/c1-3-8-14(9-4-2,12(15)16-19)13(18)17-10-6-5-7-11-17/h19H,3-11H2,1-2H3,(H2,15,16). The number of carbonyl (C=O) groups is 1. The highest BCUT2D eigenvalue weighted by atomic mass is 16.4. The van der Waals surface area contributed by atoms with Crippen LogP contribution in [-0.2, 0) is 4.79 Å². The van der Waals surface area contributed by atoms with Gasteiger partial charge >= 0.3 is 0 Å². The van der Waals surface area contributed by atoms with Gasteiger partial charge in [-0.05, 0) is 32.1 Å². The molecule has 5 heteroatoms. The van der Waals surface area contributed by atoms with Crippen LogP contribution in [0.2, 0.25) is 0 Å². The van der Waals surface area contributed by atoms with E-state index >= 15 is 0 Å². The van der Waals surface area contributed by atoms with E-state index in [9.17, 15) is 4.79 Å². The summed E-state index contributed by atoms with van der Waals surface area (Å²) in [5.41, 5.74) is 5.07. The summed E-state index contributed by atoms with van der Waals surface area (Å²) in [6.07, 6.45) is 6.26. The van der Waals surface area contributed by atoms with Crippen LogP contribution in [0, 0.1) is 5.41 Å². The predicted octanol–water partition coefficient (Wildman–Crippen LogP) is 2.33. The third kappa shape index (κ3) is 3.39. The second-order valence-corrected chi connectivity index (χ2v) is 5.42. The van der Waals surface area contributed by atoms with E-state index in [-0.39, 0.29) is 11.7 Å². The van der Waals surface area contributed by atoms with Crippen molar-refractivity contribution in [1.29, 1.82) is 0 Å². The lowest BCUT2D eigenvalue weighted by atomic mass is 9.76. The zero-order valence-corrected chi connectivity index (χ0v) is 12.2. The number of likely N-dealkylation sites (tertiary alicyclic amines) is 1. The van der Waals surface area contributed by atoms with Crippen molar-refractivity contribution >= 4 is 11.7 Å². The summed E-state index contributed by atoms with van der Waals surface area (Å²) in [5.74, 6) is 0.123. The summed E-state index contributed by atoms with van der Waals surface area (Å²) in [4.78, 5) is 14.8. The predicted molar refractivity (Wildman–Crippen MR) is 76.1 cm³/mol. The van der Waals surface area contributed by atoms with E-state index in [2.05, 4.69) is 5.16 Å². The topological polar surface area (TPSA) is 78.9 Å². The molecule has 0 atom stereocenters. The molecule has 1 heterocycles. The van der Waals surface area contributed by atoms with Crippen molar-refractivity contribution in [2.24, 2.45) is 16.3 Å². The van der Waals surface area contributed by atoms with E-state index in [0.717, 1.165) is 38.8 Å². The van der Waals surface area contributed by atoms with Crippen LogP contribution in [0.3, 0.4) is 0 Å². The summed E-state index contributed by atoms with van der Waals surface area (Å²) in [6, 6.07) is 0. The van der Waals surface area contributed by atoms with Gasteiger partial charge in [0.25, 0.3) is 0 Å². The van der Waals surface area contributed by atoms with Gasteiger partial charge in [-0.3, -0.25) is 4.79 Å². The first-order valence-electron chi connectivity index (χ1n) is 7.39. The molecule has 0 saturated carbocycles. The lowest BCUT2D eigenvalue weighted by Crippen LogP contribution is -2.52. The molecule has 1 amide bonds. The third-order valence-corrected chi connectivity index (χ3v) is 4.00. The molecule has 1 fully saturated rings. The van der Waals surface area contributed by atoms with Gasteiger partial charge < -0.3 is 15.8 Å². The molecular formula is C14H27N3O2. The summed E-state index contributed by atoms with van der Waals surface area (Å²) in [7, 11) is 0. The second-order valence-electron chi connectivity index (χ2n) is 5.42. The molecule has 1 aliphatic rings. The number of amidine groups is 1. The second kappa shape index (κ2) is 7.36. The van der Waals surface area contributed by atoms with E-state index in [4.69, 9.17) is 10.9 Å². The van der Waals surface area contributed by atoms with Gasteiger partial charge in [-0.25, -0.2) is 0 Å². The maximum atomic E-state index is 12.9. The van der Waals surface area contributed by atoms with Crippen LogP contribution < -0.4 is 5.73 Å². The monoisotopic (exact) mass is 269 g/mol. The lowest BCUT2D eigenvalue weighted by molar-refractivity contribution is -0.140. The summed E-state index contributed by atoms with van der Waals surface area (Å²) in [6.45, 7) is 5.65. The molecule has 0 spiro atoms. The van der Waals surface area contributed by atoms with Gasteiger partial charge in [0.05, 0.1) is 0 Å². The molecule has 5 nitrogen and oxygen atoms in total. The normalized spacial score (nSPS) is 17.6. The molecule has 1 saturated heterocycles. The number of hydrogen-bond acceptors (Lipinski definition) is 3. The molecule has 0 aliphatic carbocycles. The van der Waals surface area contributed by atoms with Crippen LogP contribution in [0.15, 0.2) is 5.16 Å². The van der Waals surface area contributed by atoms with Crippen molar-refractivity contribution < 1.29 is 10.0 Å². The van der Waals surface area contributed by atoms with Crippen molar-refractivity contribution in [2.75, 3.05) is 13.1 Å². The molecule has 1 aliphatic heterocycles. The maximum Gasteiger partial charge on any atom is 0.236 e. The molecule has 0 bridgehead atoms. The largest absolute Gasteiger partial charge is 0.409 e. The van der Waals surface area contributed by atoms with Crippen LogP contribution in [0.25, 0.3) is 0 Å². The fraction of sp³-hybridized carbons (Fsp3) is 0.857. The van der Waals surface area contributed by atoms with Crippen LogP contribution in [-0.4, -0.2) is 34.9 Å². The number of amides is 1. The number of carbonyl (C=O) groups excluding carboxylic acids is 1. The summed E-state index contributed by atoms with van der Waals surface area (Å²) in [5, 5.41) is 12.2. The molecule has 1 rings (SSSR count). The van der Waals surface area contributed by atoms with Crippen LogP contribution >= 0.6 is 0 Å². The van der Waals surface area contributed by atoms with Crippen molar-refractivity contribution in [3.8, 4) is 0 Å². The van der Waals surface area contributed by atoms with E-state index in [1.165, 1.54) is 6.42 Å². The molecule has 110 valence electrons. The minimum atomic E-state index is -0.810. The molecule has 0 radical (unpaired) electrons. The summed E-state index contributed by atoms with van der Waals surface area (Å²) < 4.78 is 0. The highest BCUT2D eigenvalue weighted by molar-refractivity contribution is 6.06. The molecule has 0 aromatic carbocycles. The van der Waals surface area contributed by atoms with Crippen LogP contribution in [0.1, 0.15) is 58.8 Å². The first kappa shape index (κ1) is 15.8. The Morgan fingerprint density at radius 3 is 2.16 bits per heavy atom. The van der Waals surface area contributed by atoms with Gasteiger partial charge in [-0.2, -0.15) is 0 Å². The van der Waals surface area contributed by atoms with Gasteiger partial charge in [0, 0.05) is 13.1 Å². The van der Waals surface area contributed by atoms with Crippen molar-refractivity contribution in [3.05, 3.63) is 0 Å². The third-order valence-electron chi connectivity index (χ3n) is 4.00. The Balaban J connectivity index is 3.01. The Morgan fingerprint density at radius 1 is 1.21 bits per heavy atom. The van der Waals surface area contributed by atoms with E-state index in [0.29, 0.717) is 12.8 Å². The minimum Gasteiger partial charge on any atom is -0.409 e. The number of oxime groups is 1. The lowest BCUT2D eigenvalue weighted by Gasteiger charge is -2.38. The first-order valence-corrected chi connectivity index (χ1v) is 7.39. The SMILES string of the molecule is CCCC(CCC)(C(=O)N1CCCCC1)C(N)=NO. The fourth-order valence-electron chi connectivity index (χ4n) is 3.05. The number of nitrogens with two attached hydrogens (primary N) is 1. The van der Waals surface area contributed by atoms with Crippen molar-refractivity contribution in [3.63, 3.8) is 0 Å². The van der Waals surface area contributed by atoms with E-state index in [1.807, 2.05) is 18.7 Å². The van der Waals surface area contributed by atoms with Crippen LogP contribution in [0.4, 0.5) is 0 Å². The average molecular weight is 269 g/mol. The highest BCUT2D eigenvalue weighted by Gasteiger charge is 2.44. The first-order chi connectivity index (χ1) is 9.12. The Morgan fingerprint density at radius 2 is 1.74 bits per heavy atom. The van der Waals surface area contributed by atoms with Gasteiger partial charge in [-0.1, -0.05) is 31.8 Å². The maximum absolute atomic E-state index is 12.9. The minimum absolute atomic E-state index is 0.0474. The van der Waals surface area contributed by atoms with E-state index < -0.39 is 5.41 Å². The Labute approximate surface area is 115 Å². The molecule has 0 unspecified atom stereocenters. The molecule has 0 aromatic rings. The molecular weight excluding hydrogens is 242 g/mol. The quantitative estimate of drug-likeness (QED) is 0.336. The van der Waals surface area contributed by atoms with Crippen molar-refractivity contribution in [1.82, 2.24) is 4.90 Å².